The van der Waals surface area contributed by atoms with Crippen molar-refractivity contribution in [3.05, 3.63) is 35.6 Å². The first-order chi connectivity index (χ1) is 9.13. The highest BCUT2D eigenvalue weighted by molar-refractivity contribution is 5.81. The van der Waals surface area contributed by atoms with E-state index in [2.05, 4.69) is 17.1 Å². The smallest absolute Gasteiger partial charge is 0.238 e. The molecule has 1 aliphatic rings. The Hall–Kier alpha value is -1.46. The minimum atomic E-state index is -0.348. The molecule has 0 radical (unpaired) electrons. The first kappa shape index (κ1) is 14.0. The molecule has 1 saturated heterocycles. The Labute approximate surface area is 113 Å². The molecule has 19 heavy (non-hydrogen) atoms. The number of nitrogens with zero attached hydrogens (tertiary/aromatic N) is 2. The number of likely N-dealkylation sites (N-methyl/N-ethyl adjacent to an activating group) is 1. The molecule has 1 aliphatic heterocycles. The van der Waals surface area contributed by atoms with E-state index in [1.165, 1.54) is 6.07 Å². The summed E-state index contributed by atoms with van der Waals surface area (Å²) < 4.78 is 13.8. The number of hydrogen-bond acceptors (Lipinski definition) is 3. The summed E-state index contributed by atoms with van der Waals surface area (Å²) in [4.78, 5) is 15.7. The summed E-state index contributed by atoms with van der Waals surface area (Å²) in [7, 11) is 2.01. The SMILES string of the molecule is CCN(C)CCN1C(=O)CNC1c1ccccc1F. The van der Waals surface area contributed by atoms with E-state index in [9.17, 15) is 9.18 Å². The maximum Gasteiger partial charge on any atom is 0.238 e. The Morgan fingerprint density at radius 3 is 2.89 bits per heavy atom. The third-order valence-corrected chi connectivity index (χ3v) is 3.54. The van der Waals surface area contributed by atoms with Crippen molar-refractivity contribution in [2.24, 2.45) is 0 Å². The first-order valence-electron chi connectivity index (χ1n) is 6.59. The van der Waals surface area contributed by atoms with Crippen LogP contribution in [0.25, 0.3) is 0 Å². The van der Waals surface area contributed by atoms with Crippen LogP contribution in [0, 0.1) is 5.82 Å². The number of nitrogens with one attached hydrogen (secondary N) is 1. The molecule has 1 heterocycles. The Balaban J connectivity index is 2.11. The second kappa shape index (κ2) is 6.12. The summed E-state index contributed by atoms with van der Waals surface area (Å²) in [5, 5.41) is 3.07. The lowest BCUT2D eigenvalue weighted by atomic mass is 10.1. The van der Waals surface area contributed by atoms with Crippen molar-refractivity contribution in [2.45, 2.75) is 13.1 Å². The van der Waals surface area contributed by atoms with Gasteiger partial charge >= 0.3 is 0 Å². The molecule has 1 N–H and O–H groups in total. The maximum atomic E-state index is 13.8. The molecule has 104 valence electrons. The second-order valence-corrected chi connectivity index (χ2v) is 4.79. The third kappa shape index (κ3) is 3.11. The van der Waals surface area contributed by atoms with E-state index in [1.54, 1.807) is 23.1 Å². The van der Waals surface area contributed by atoms with Crippen molar-refractivity contribution < 1.29 is 9.18 Å². The minimum absolute atomic E-state index is 0.0257. The van der Waals surface area contributed by atoms with E-state index >= 15 is 0 Å². The Bertz CT molecular complexity index is 452. The van der Waals surface area contributed by atoms with Gasteiger partial charge in [0.05, 0.1) is 6.54 Å². The quantitative estimate of drug-likeness (QED) is 0.869. The zero-order valence-electron chi connectivity index (χ0n) is 11.4. The van der Waals surface area contributed by atoms with Crippen LogP contribution in [0.4, 0.5) is 4.39 Å². The molecule has 0 spiro atoms. The number of benzene rings is 1. The second-order valence-electron chi connectivity index (χ2n) is 4.79. The standard InChI is InChI=1S/C14H20FN3O/c1-3-17(2)8-9-18-13(19)10-16-14(18)11-6-4-5-7-12(11)15/h4-7,14,16H,3,8-10H2,1-2H3. The van der Waals surface area contributed by atoms with Crippen molar-refractivity contribution >= 4 is 5.91 Å². The zero-order valence-corrected chi connectivity index (χ0v) is 11.4. The number of hydrogen-bond donors (Lipinski definition) is 1. The Kier molecular flexibility index (Phi) is 4.50. The lowest BCUT2D eigenvalue weighted by molar-refractivity contribution is -0.128. The monoisotopic (exact) mass is 265 g/mol. The van der Waals surface area contributed by atoms with Gasteiger partial charge in [0, 0.05) is 18.7 Å². The fraction of sp³-hybridized carbons (Fsp3) is 0.500. The number of halogens is 1. The van der Waals surface area contributed by atoms with E-state index in [4.69, 9.17) is 0 Å². The van der Waals surface area contributed by atoms with Crippen molar-refractivity contribution in [3.8, 4) is 0 Å². The predicted molar refractivity (Wildman–Crippen MR) is 72.0 cm³/mol. The molecule has 1 fully saturated rings. The molecule has 1 unspecified atom stereocenters. The highest BCUT2D eigenvalue weighted by atomic mass is 19.1. The van der Waals surface area contributed by atoms with Crippen LogP contribution < -0.4 is 5.32 Å². The van der Waals surface area contributed by atoms with Crippen molar-refractivity contribution in [1.82, 2.24) is 15.1 Å². The lowest BCUT2D eigenvalue weighted by Crippen LogP contribution is -2.37. The fourth-order valence-electron chi connectivity index (χ4n) is 2.20. The summed E-state index contributed by atoms with van der Waals surface area (Å²) >= 11 is 0. The first-order valence-corrected chi connectivity index (χ1v) is 6.59. The van der Waals surface area contributed by atoms with Crippen LogP contribution in [-0.4, -0.2) is 48.9 Å². The van der Waals surface area contributed by atoms with Gasteiger partial charge in [0.2, 0.25) is 5.91 Å². The molecule has 2 rings (SSSR count). The normalized spacial score (nSPS) is 19.5. The van der Waals surface area contributed by atoms with E-state index in [-0.39, 0.29) is 24.4 Å². The maximum absolute atomic E-state index is 13.8. The van der Waals surface area contributed by atoms with Crippen LogP contribution in [0.15, 0.2) is 24.3 Å². The number of rotatable bonds is 5. The lowest BCUT2D eigenvalue weighted by Gasteiger charge is -2.27. The van der Waals surface area contributed by atoms with E-state index in [1.807, 2.05) is 7.05 Å². The summed E-state index contributed by atoms with van der Waals surface area (Å²) in [6.45, 7) is 4.66. The average molecular weight is 265 g/mol. The molecule has 0 aromatic heterocycles. The molecular formula is C14H20FN3O. The van der Waals surface area contributed by atoms with Crippen LogP contribution in [0.3, 0.4) is 0 Å². The number of carbonyl (C=O) groups is 1. The molecule has 1 amide bonds. The third-order valence-electron chi connectivity index (χ3n) is 3.54. The molecule has 0 bridgehead atoms. The molecule has 4 nitrogen and oxygen atoms in total. The number of amides is 1. The molecule has 1 aromatic carbocycles. The summed E-state index contributed by atoms with van der Waals surface area (Å²) in [5.74, 6) is -0.249. The molecule has 1 atom stereocenters. The van der Waals surface area contributed by atoms with Gasteiger partial charge in [0.25, 0.3) is 0 Å². The van der Waals surface area contributed by atoms with Crippen LogP contribution in [0.2, 0.25) is 0 Å². The van der Waals surface area contributed by atoms with Crippen molar-refractivity contribution in [3.63, 3.8) is 0 Å². The van der Waals surface area contributed by atoms with Crippen LogP contribution in [0.1, 0.15) is 18.7 Å². The largest absolute Gasteiger partial charge is 0.320 e. The van der Waals surface area contributed by atoms with Crippen LogP contribution in [-0.2, 0) is 4.79 Å². The highest BCUT2D eigenvalue weighted by Gasteiger charge is 2.32. The van der Waals surface area contributed by atoms with Crippen LogP contribution in [0.5, 0.6) is 0 Å². The highest BCUT2D eigenvalue weighted by Crippen LogP contribution is 2.24. The van der Waals surface area contributed by atoms with Gasteiger partial charge in [0.15, 0.2) is 0 Å². The van der Waals surface area contributed by atoms with E-state index < -0.39 is 0 Å². The van der Waals surface area contributed by atoms with Crippen LogP contribution >= 0.6 is 0 Å². The molecule has 5 heteroatoms. The predicted octanol–water partition coefficient (Wildman–Crippen LogP) is 1.21. The van der Waals surface area contributed by atoms with Gasteiger partial charge in [-0.25, -0.2) is 4.39 Å². The topological polar surface area (TPSA) is 35.6 Å². The summed E-state index contributed by atoms with van der Waals surface area (Å²) in [5.41, 5.74) is 0.535. The van der Waals surface area contributed by atoms with Gasteiger partial charge < -0.3 is 9.80 Å². The van der Waals surface area contributed by atoms with E-state index in [0.29, 0.717) is 12.1 Å². The van der Waals surface area contributed by atoms with Gasteiger partial charge in [-0.1, -0.05) is 25.1 Å². The molecule has 0 aliphatic carbocycles. The van der Waals surface area contributed by atoms with Crippen molar-refractivity contribution in [1.29, 1.82) is 0 Å². The van der Waals surface area contributed by atoms with Gasteiger partial charge in [-0.15, -0.1) is 0 Å². The van der Waals surface area contributed by atoms with Gasteiger partial charge in [0.1, 0.15) is 12.0 Å². The molecule has 1 aromatic rings. The summed E-state index contributed by atoms with van der Waals surface area (Å²) in [6.07, 6.45) is -0.348. The average Bonchev–Trinajstić information content (AvgIpc) is 2.78. The molecular weight excluding hydrogens is 245 g/mol. The number of carbonyl (C=O) groups excluding carboxylic acids is 1. The van der Waals surface area contributed by atoms with Gasteiger partial charge in [-0.2, -0.15) is 0 Å². The molecule has 0 saturated carbocycles. The van der Waals surface area contributed by atoms with Crippen molar-refractivity contribution in [2.75, 3.05) is 33.2 Å². The van der Waals surface area contributed by atoms with Gasteiger partial charge in [-0.3, -0.25) is 10.1 Å². The zero-order chi connectivity index (χ0) is 13.8. The Morgan fingerprint density at radius 2 is 2.21 bits per heavy atom. The van der Waals surface area contributed by atoms with E-state index in [0.717, 1.165) is 13.1 Å². The minimum Gasteiger partial charge on any atom is -0.320 e. The Morgan fingerprint density at radius 1 is 1.47 bits per heavy atom. The fourth-order valence-corrected chi connectivity index (χ4v) is 2.20. The summed E-state index contributed by atoms with van der Waals surface area (Å²) in [6, 6.07) is 6.60. The van der Waals surface area contributed by atoms with Gasteiger partial charge in [-0.05, 0) is 19.7 Å².